The Morgan fingerprint density at radius 3 is 2.15 bits per heavy atom. The molecule has 0 unspecified atom stereocenters. The fourth-order valence-electron chi connectivity index (χ4n) is 3.38. The highest BCUT2D eigenvalue weighted by atomic mass is 16.2. The number of hydrogen-bond acceptors (Lipinski definition) is 3. The van der Waals surface area contributed by atoms with Crippen LogP contribution in [0.5, 0.6) is 0 Å². The molecule has 4 nitrogen and oxygen atoms in total. The van der Waals surface area contributed by atoms with Crippen LogP contribution in [-0.4, -0.2) is 17.4 Å². The maximum atomic E-state index is 12.7. The molecule has 0 spiro atoms. The van der Waals surface area contributed by atoms with Crippen molar-refractivity contribution >= 4 is 28.2 Å². The van der Waals surface area contributed by atoms with Gasteiger partial charge in [-0.15, -0.1) is 0 Å². The molecule has 1 aliphatic rings. The number of rotatable bonds is 2. The Hall–Kier alpha value is -3.27. The molecule has 0 heterocycles. The first-order valence-corrected chi connectivity index (χ1v) is 8.91. The number of carbonyl (C=O) groups excluding carboxylic acids is 2. The van der Waals surface area contributed by atoms with Crippen LogP contribution in [0.1, 0.15) is 52.6 Å². The van der Waals surface area contributed by atoms with Crippen LogP contribution >= 0.6 is 0 Å². The maximum absolute atomic E-state index is 12.7. The molecule has 1 amide bonds. The number of nitrogens with zero attached hydrogens (tertiary/aromatic N) is 1. The van der Waals surface area contributed by atoms with Crippen LogP contribution in [0.2, 0.25) is 0 Å². The van der Waals surface area contributed by atoms with Crippen molar-refractivity contribution in [3.8, 4) is 0 Å². The molecular weight excluding hydrogens is 336 g/mol. The van der Waals surface area contributed by atoms with Crippen molar-refractivity contribution in [2.75, 3.05) is 0 Å². The Morgan fingerprint density at radius 1 is 0.889 bits per heavy atom. The van der Waals surface area contributed by atoms with E-state index in [-0.39, 0.29) is 22.8 Å². The highest BCUT2D eigenvalue weighted by Gasteiger charge is 2.29. The van der Waals surface area contributed by atoms with Gasteiger partial charge in [-0.2, -0.15) is 5.10 Å². The van der Waals surface area contributed by atoms with E-state index in [1.807, 2.05) is 42.5 Å². The van der Waals surface area contributed by atoms with Gasteiger partial charge >= 0.3 is 0 Å². The van der Waals surface area contributed by atoms with Crippen molar-refractivity contribution in [3.05, 3.63) is 82.9 Å². The van der Waals surface area contributed by atoms with Gasteiger partial charge in [-0.25, -0.2) is 5.43 Å². The van der Waals surface area contributed by atoms with Gasteiger partial charge in [-0.3, -0.25) is 9.59 Å². The highest BCUT2D eigenvalue weighted by molar-refractivity contribution is 6.59. The molecule has 1 N–H and O–H groups in total. The summed E-state index contributed by atoms with van der Waals surface area (Å²) < 4.78 is 0. The van der Waals surface area contributed by atoms with Gasteiger partial charge in [0.15, 0.2) is 0 Å². The second-order valence-electron chi connectivity index (χ2n) is 7.77. The number of amides is 1. The fraction of sp³-hybridized carbons (Fsp3) is 0.174. The predicted octanol–water partition coefficient (Wildman–Crippen LogP) is 4.47. The number of hydrogen-bond donors (Lipinski definition) is 1. The van der Waals surface area contributed by atoms with E-state index >= 15 is 0 Å². The topological polar surface area (TPSA) is 58.5 Å². The van der Waals surface area contributed by atoms with E-state index in [0.29, 0.717) is 11.1 Å². The quantitative estimate of drug-likeness (QED) is 0.689. The molecular formula is C23H20N2O2. The minimum absolute atomic E-state index is 0.0238. The Kier molecular flexibility index (Phi) is 3.92. The van der Waals surface area contributed by atoms with E-state index in [4.69, 9.17) is 0 Å². The molecule has 4 rings (SSSR count). The lowest BCUT2D eigenvalue weighted by Gasteiger charge is -2.18. The molecule has 0 fully saturated rings. The van der Waals surface area contributed by atoms with Gasteiger partial charge in [0, 0.05) is 22.1 Å². The Morgan fingerprint density at radius 2 is 1.52 bits per heavy atom. The van der Waals surface area contributed by atoms with Crippen molar-refractivity contribution < 1.29 is 9.59 Å². The summed E-state index contributed by atoms with van der Waals surface area (Å²) in [5.41, 5.74) is 5.89. The third kappa shape index (κ3) is 2.93. The average molecular weight is 356 g/mol. The monoisotopic (exact) mass is 356 g/mol. The van der Waals surface area contributed by atoms with E-state index in [9.17, 15) is 9.59 Å². The smallest absolute Gasteiger partial charge is 0.271 e. The van der Waals surface area contributed by atoms with Crippen LogP contribution in [0.3, 0.4) is 0 Å². The summed E-state index contributed by atoms with van der Waals surface area (Å²) in [5, 5.41) is 6.05. The van der Waals surface area contributed by atoms with Crippen molar-refractivity contribution in [2.45, 2.75) is 26.2 Å². The van der Waals surface area contributed by atoms with E-state index in [2.05, 4.69) is 31.3 Å². The van der Waals surface area contributed by atoms with Gasteiger partial charge in [0.05, 0.1) is 0 Å². The number of benzene rings is 3. The summed E-state index contributed by atoms with van der Waals surface area (Å²) in [7, 11) is 0. The summed E-state index contributed by atoms with van der Waals surface area (Å²) >= 11 is 0. The molecule has 1 aliphatic carbocycles. The number of hydrazone groups is 1. The van der Waals surface area contributed by atoms with Crippen LogP contribution in [0.4, 0.5) is 0 Å². The first-order chi connectivity index (χ1) is 12.9. The number of nitrogens with one attached hydrogen (secondary N) is 1. The zero-order valence-corrected chi connectivity index (χ0v) is 15.5. The second-order valence-corrected chi connectivity index (χ2v) is 7.77. The van der Waals surface area contributed by atoms with Gasteiger partial charge in [-0.05, 0) is 28.5 Å². The lowest BCUT2D eigenvalue weighted by molar-refractivity contribution is 0.0955. The molecule has 0 saturated carbocycles. The third-order valence-electron chi connectivity index (χ3n) is 4.90. The maximum Gasteiger partial charge on any atom is 0.271 e. The van der Waals surface area contributed by atoms with E-state index in [1.165, 1.54) is 0 Å². The van der Waals surface area contributed by atoms with Crippen molar-refractivity contribution in [2.24, 2.45) is 5.10 Å². The van der Waals surface area contributed by atoms with Crippen LogP contribution in [0.15, 0.2) is 65.8 Å². The van der Waals surface area contributed by atoms with E-state index in [0.717, 1.165) is 21.9 Å². The molecule has 0 bridgehead atoms. The van der Waals surface area contributed by atoms with Gasteiger partial charge in [-0.1, -0.05) is 69.3 Å². The third-order valence-corrected chi connectivity index (χ3v) is 4.90. The summed E-state index contributed by atoms with van der Waals surface area (Å²) in [6.07, 6.45) is 0. The first-order valence-electron chi connectivity index (χ1n) is 8.91. The standard InChI is InChI=1S/C23H20N2O2/c1-23(2,3)16-12-10-15(11-13-16)22(27)25-24-20-17-8-4-6-14-7-5-9-18(19(14)17)21(20)26/h4-13H,1-3H3,(H,25,27). The van der Waals surface area contributed by atoms with E-state index in [1.54, 1.807) is 18.2 Å². The normalized spacial score (nSPS) is 14.8. The van der Waals surface area contributed by atoms with Crippen LogP contribution < -0.4 is 5.43 Å². The molecule has 0 saturated heterocycles. The second kappa shape index (κ2) is 6.16. The van der Waals surface area contributed by atoms with Crippen LogP contribution in [-0.2, 0) is 5.41 Å². The molecule has 3 aromatic rings. The lowest BCUT2D eigenvalue weighted by atomic mass is 9.87. The first kappa shape index (κ1) is 17.2. The molecule has 0 aliphatic heterocycles. The summed E-state index contributed by atoms with van der Waals surface area (Å²) in [5.74, 6) is -0.496. The van der Waals surface area contributed by atoms with Crippen LogP contribution in [0.25, 0.3) is 10.8 Å². The molecule has 3 aromatic carbocycles. The lowest BCUT2D eigenvalue weighted by Crippen LogP contribution is -2.22. The Labute approximate surface area is 157 Å². The number of ketones is 1. The number of carbonyl (C=O) groups is 2. The Balaban J connectivity index is 1.61. The largest absolute Gasteiger partial charge is 0.287 e. The molecule has 0 aromatic heterocycles. The van der Waals surface area contributed by atoms with Crippen molar-refractivity contribution in [1.29, 1.82) is 0 Å². The Bertz CT molecular complexity index is 1100. The summed E-state index contributed by atoms with van der Waals surface area (Å²) in [6, 6.07) is 18.8. The van der Waals surface area contributed by atoms with Gasteiger partial charge < -0.3 is 0 Å². The van der Waals surface area contributed by atoms with Crippen molar-refractivity contribution in [3.63, 3.8) is 0 Å². The molecule has 134 valence electrons. The highest BCUT2D eigenvalue weighted by Crippen LogP contribution is 2.30. The van der Waals surface area contributed by atoms with Crippen LogP contribution in [0, 0.1) is 0 Å². The van der Waals surface area contributed by atoms with Gasteiger partial charge in [0.25, 0.3) is 5.91 Å². The predicted molar refractivity (Wildman–Crippen MR) is 107 cm³/mol. The summed E-state index contributed by atoms with van der Waals surface area (Å²) in [4.78, 5) is 25.2. The number of Topliss-reactive ketones (excluding diaryl/α,β-unsaturated/α-hetero) is 1. The van der Waals surface area contributed by atoms with E-state index < -0.39 is 0 Å². The van der Waals surface area contributed by atoms with Gasteiger partial charge in [0.1, 0.15) is 5.71 Å². The zero-order chi connectivity index (χ0) is 19.2. The SMILES string of the molecule is CC(C)(C)c1ccc(C(=O)NN=C2C(=O)c3cccc4cccc2c34)cc1. The molecule has 0 radical (unpaired) electrons. The molecule has 27 heavy (non-hydrogen) atoms. The van der Waals surface area contributed by atoms with Crippen molar-refractivity contribution in [1.82, 2.24) is 5.43 Å². The minimum atomic E-state index is -0.334. The summed E-state index contributed by atoms with van der Waals surface area (Å²) in [6.45, 7) is 6.37. The van der Waals surface area contributed by atoms with Gasteiger partial charge in [0.2, 0.25) is 5.78 Å². The molecule has 4 heteroatoms. The molecule has 0 atom stereocenters. The fourth-order valence-corrected chi connectivity index (χ4v) is 3.38. The average Bonchev–Trinajstić information content (AvgIpc) is 2.93. The minimum Gasteiger partial charge on any atom is -0.287 e. The zero-order valence-electron chi connectivity index (χ0n) is 15.5.